The number of methoxy groups -OCH3 is 1. The lowest BCUT2D eigenvalue weighted by atomic mass is 9.87. The molecule has 0 amide bonds. The monoisotopic (exact) mass is 442 g/mol. The molecule has 0 aromatic heterocycles. The highest BCUT2D eigenvalue weighted by Gasteiger charge is 2.50. The molecular weight excluding hydrogens is 396 g/mol. The number of aliphatic hydroxyl groups is 1. The molecule has 0 aromatic carbocycles. The fourth-order valence-electron chi connectivity index (χ4n) is 5.93. The van der Waals surface area contributed by atoms with Crippen molar-refractivity contribution in [3.63, 3.8) is 0 Å². The third-order valence-electron chi connectivity index (χ3n) is 7.86. The van der Waals surface area contributed by atoms with Gasteiger partial charge in [0.15, 0.2) is 0 Å². The standard InChI is InChI=1S/C24H46O5Si/c1-14(2)30(15(3)4,16(5)6)29-23-12-19(11-21(25)20-10-17(20)7)28-22(18(23)8)13-24(26)27-9/h14-23,25H,10-13H2,1-9H3/t17-,18-,19+,20-,21-,22-,23-/m0/s1. The van der Waals surface area contributed by atoms with E-state index < -0.39 is 8.32 Å². The Morgan fingerprint density at radius 3 is 2.03 bits per heavy atom. The van der Waals surface area contributed by atoms with Crippen LogP contribution in [0.3, 0.4) is 0 Å². The van der Waals surface area contributed by atoms with Gasteiger partial charge in [-0.25, -0.2) is 0 Å². The van der Waals surface area contributed by atoms with Crippen molar-refractivity contribution in [3.05, 3.63) is 0 Å². The lowest BCUT2D eigenvalue weighted by molar-refractivity contribution is -0.161. The summed E-state index contributed by atoms with van der Waals surface area (Å²) in [5.41, 5.74) is 1.51. The second kappa shape index (κ2) is 10.5. The van der Waals surface area contributed by atoms with Crippen molar-refractivity contribution < 1.29 is 23.8 Å². The third kappa shape index (κ3) is 5.67. The number of carbonyl (C=O) groups is 1. The van der Waals surface area contributed by atoms with Gasteiger partial charge in [-0.3, -0.25) is 4.79 Å². The van der Waals surface area contributed by atoms with Crippen LogP contribution in [-0.2, 0) is 18.7 Å². The predicted octanol–water partition coefficient (Wildman–Crippen LogP) is 5.31. The van der Waals surface area contributed by atoms with Gasteiger partial charge >= 0.3 is 5.97 Å². The van der Waals surface area contributed by atoms with Gasteiger partial charge in [0.2, 0.25) is 8.32 Å². The Bertz CT molecular complexity index is 542. The van der Waals surface area contributed by atoms with E-state index in [0.717, 1.165) is 12.8 Å². The van der Waals surface area contributed by atoms with E-state index in [0.29, 0.717) is 34.9 Å². The van der Waals surface area contributed by atoms with E-state index in [1.165, 1.54) is 7.11 Å². The van der Waals surface area contributed by atoms with Crippen molar-refractivity contribution in [1.29, 1.82) is 0 Å². The molecule has 0 bridgehead atoms. The smallest absolute Gasteiger partial charge is 0.308 e. The molecule has 1 heterocycles. The summed E-state index contributed by atoms with van der Waals surface area (Å²) in [7, 11) is -0.635. The minimum absolute atomic E-state index is 0.0427. The van der Waals surface area contributed by atoms with E-state index in [1.54, 1.807) is 0 Å². The van der Waals surface area contributed by atoms with Crippen LogP contribution in [0.25, 0.3) is 0 Å². The molecule has 0 spiro atoms. The van der Waals surface area contributed by atoms with Crippen LogP contribution < -0.4 is 0 Å². The second-order valence-corrected chi connectivity index (χ2v) is 16.2. The van der Waals surface area contributed by atoms with E-state index >= 15 is 0 Å². The highest BCUT2D eigenvalue weighted by Crippen LogP contribution is 2.47. The van der Waals surface area contributed by atoms with Crippen molar-refractivity contribution in [1.82, 2.24) is 0 Å². The van der Waals surface area contributed by atoms with Gasteiger partial charge < -0.3 is 19.0 Å². The topological polar surface area (TPSA) is 65.0 Å². The maximum Gasteiger partial charge on any atom is 0.308 e. The van der Waals surface area contributed by atoms with Gasteiger partial charge in [0.1, 0.15) is 0 Å². The van der Waals surface area contributed by atoms with Gasteiger partial charge in [0.25, 0.3) is 0 Å². The molecular formula is C24H46O5Si. The number of aliphatic hydroxyl groups excluding tert-OH is 1. The lowest BCUT2D eigenvalue weighted by Gasteiger charge is -2.49. The average Bonchev–Trinajstić information content (AvgIpc) is 3.38. The summed E-state index contributed by atoms with van der Waals surface area (Å²) >= 11 is 0. The fraction of sp³-hybridized carbons (Fsp3) is 0.958. The largest absolute Gasteiger partial charge is 0.469 e. The predicted molar refractivity (Wildman–Crippen MR) is 123 cm³/mol. The van der Waals surface area contributed by atoms with Crippen LogP contribution in [0.2, 0.25) is 16.6 Å². The first-order chi connectivity index (χ1) is 13.9. The number of hydrogen-bond donors (Lipinski definition) is 1. The van der Waals surface area contributed by atoms with E-state index in [9.17, 15) is 9.90 Å². The Morgan fingerprint density at radius 1 is 1.07 bits per heavy atom. The van der Waals surface area contributed by atoms with Gasteiger partial charge in [-0.15, -0.1) is 0 Å². The zero-order valence-corrected chi connectivity index (χ0v) is 21.7. The van der Waals surface area contributed by atoms with Crippen LogP contribution >= 0.6 is 0 Å². The molecule has 5 nitrogen and oxygen atoms in total. The van der Waals surface area contributed by atoms with Crippen LogP contribution in [0.1, 0.15) is 81.1 Å². The molecule has 0 aromatic rings. The normalized spacial score (nSPS) is 33.2. The number of hydrogen-bond acceptors (Lipinski definition) is 5. The summed E-state index contributed by atoms with van der Waals surface area (Å²) in [5, 5.41) is 10.7. The molecule has 1 saturated carbocycles. The zero-order chi connectivity index (χ0) is 22.8. The molecule has 30 heavy (non-hydrogen) atoms. The number of ether oxygens (including phenoxy) is 2. The average molecular weight is 443 g/mol. The Labute approximate surface area is 185 Å². The number of esters is 1. The summed E-state index contributed by atoms with van der Waals surface area (Å²) in [6.45, 7) is 18.2. The van der Waals surface area contributed by atoms with E-state index in [-0.39, 0.29) is 42.7 Å². The van der Waals surface area contributed by atoms with Gasteiger partial charge in [0, 0.05) is 5.92 Å². The summed E-state index contributed by atoms with van der Waals surface area (Å²) in [6, 6.07) is 0. The van der Waals surface area contributed by atoms with Gasteiger partial charge in [-0.05, 0) is 47.7 Å². The molecule has 1 aliphatic carbocycles. The van der Waals surface area contributed by atoms with Crippen LogP contribution in [-0.4, -0.2) is 50.9 Å². The SMILES string of the molecule is COC(=O)C[C@@H]1O[C@H](C[C@H](O)[C@H]2C[C@@H]2C)C[C@H](O[Si](C(C)C)(C(C)C)C(C)C)[C@H]1C. The maximum atomic E-state index is 12.0. The molecule has 176 valence electrons. The Balaban J connectivity index is 2.23. The number of carbonyl (C=O) groups excluding carboxylic acids is 1. The van der Waals surface area contributed by atoms with Crippen molar-refractivity contribution in [2.45, 2.75) is 122 Å². The molecule has 1 aliphatic heterocycles. The van der Waals surface area contributed by atoms with Gasteiger partial charge in [-0.2, -0.15) is 0 Å². The van der Waals surface area contributed by atoms with Crippen molar-refractivity contribution >= 4 is 14.3 Å². The molecule has 7 atom stereocenters. The zero-order valence-electron chi connectivity index (χ0n) is 20.7. The molecule has 2 rings (SSSR count). The molecule has 2 aliphatic rings. The Hall–Kier alpha value is -0.433. The van der Waals surface area contributed by atoms with Crippen molar-refractivity contribution in [3.8, 4) is 0 Å². The molecule has 1 saturated heterocycles. The summed E-state index contributed by atoms with van der Waals surface area (Å²) in [4.78, 5) is 12.0. The van der Waals surface area contributed by atoms with Gasteiger partial charge in [0.05, 0.1) is 37.9 Å². The van der Waals surface area contributed by atoms with Crippen LogP contribution in [0, 0.1) is 17.8 Å². The van der Waals surface area contributed by atoms with E-state index in [2.05, 4.69) is 55.4 Å². The highest BCUT2D eigenvalue weighted by molar-refractivity contribution is 6.77. The summed E-state index contributed by atoms with van der Waals surface area (Å²) in [6.07, 6.45) is 2.14. The number of rotatable bonds is 10. The summed E-state index contributed by atoms with van der Waals surface area (Å²) < 4.78 is 18.4. The Morgan fingerprint density at radius 2 is 1.60 bits per heavy atom. The molecule has 0 unspecified atom stereocenters. The van der Waals surface area contributed by atoms with E-state index in [4.69, 9.17) is 13.9 Å². The third-order valence-corrected chi connectivity index (χ3v) is 14.0. The van der Waals surface area contributed by atoms with Crippen LogP contribution in [0.4, 0.5) is 0 Å². The maximum absolute atomic E-state index is 12.0. The summed E-state index contributed by atoms with van der Waals surface area (Å²) in [5.74, 6) is 0.855. The minimum atomic E-state index is -2.06. The van der Waals surface area contributed by atoms with Crippen LogP contribution in [0.15, 0.2) is 0 Å². The Kier molecular flexibility index (Phi) is 9.00. The lowest BCUT2D eigenvalue weighted by Crippen LogP contribution is -2.55. The van der Waals surface area contributed by atoms with Crippen molar-refractivity contribution in [2.75, 3.05) is 7.11 Å². The van der Waals surface area contributed by atoms with Crippen molar-refractivity contribution in [2.24, 2.45) is 17.8 Å². The highest BCUT2D eigenvalue weighted by atomic mass is 28.4. The van der Waals surface area contributed by atoms with E-state index in [1.807, 2.05) is 0 Å². The second-order valence-electron chi connectivity index (χ2n) is 10.8. The molecule has 2 fully saturated rings. The quantitative estimate of drug-likeness (QED) is 0.367. The fourth-order valence-corrected chi connectivity index (χ4v) is 11.6. The first-order valence-electron chi connectivity index (χ1n) is 12.0. The molecule has 1 N–H and O–H groups in total. The first kappa shape index (κ1) is 25.8. The minimum Gasteiger partial charge on any atom is -0.469 e. The molecule has 6 heteroatoms. The van der Waals surface area contributed by atoms with Crippen LogP contribution in [0.5, 0.6) is 0 Å². The first-order valence-corrected chi connectivity index (χ1v) is 14.2. The van der Waals surface area contributed by atoms with Gasteiger partial charge in [-0.1, -0.05) is 55.4 Å². The molecule has 0 radical (unpaired) electrons.